The minimum atomic E-state index is -0.317. The van der Waals surface area contributed by atoms with Gasteiger partial charge in [0.25, 0.3) is 0 Å². The third kappa shape index (κ3) is 4.66. The molecule has 0 amide bonds. The van der Waals surface area contributed by atoms with Crippen molar-refractivity contribution in [2.24, 2.45) is 5.92 Å². The summed E-state index contributed by atoms with van der Waals surface area (Å²) in [4.78, 5) is 0. The quantitative estimate of drug-likeness (QED) is 0.653. The second-order valence-electron chi connectivity index (χ2n) is 4.95. The maximum absolute atomic E-state index is 13.4. The Morgan fingerprint density at radius 1 is 1.32 bits per heavy atom. The number of hydrogen-bond acceptors (Lipinski definition) is 2. The van der Waals surface area contributed by atoms with Crippen molar-refractivity contribution >= 4 is 0 Å². The molecule has 0 bridgehead atoms. The molecule has 0 atom stereocenters. The van der Waals surface area contributed by atoms with Crippen molar-refractivity contribution in [3.05, 3.63) is 35.1 Å². The molecule has 0 saturated heterocycles. The maximum atomic E-state index is 13.4. The van der Waals surface area contributed by atoms with Crippen LogP contribution in [0, 0.1) is 23.6 Å². The van der Waals surface area contributed by atoms with E-state index in [1.165, 1.54) is 31.4 Å². The Labute approximate surface area is 113 Å². The minimum absolute atomic E-state index is 0.219. The van der Waals surface area contributed by atoms with Gasteiger partial charge >= 0.3 is 0 Å². The number of halogens is 1. The van der Waals surface area contributed by atoms with Crippen LogP contribution < -0.4 is 0 Å². The predicted octanol–water partition coefficient (Wildman–Crippen LogP) is 2.88. The van der Waals surface area contributed by atoms with Crippen molar-refractivity contribution in [2.45, 2.75) is 32.3 Å². The van der Waals surface area contributed by atoms with Crippen molar-refractivity contribution in [1.29, 1.82) is 0 Å². The number of rotatable bonds is 5. The van der Waals surface area contributed by atoms with Gasteiger partial charge in [-0.15, -0.1) is 0 Å². The molecule has 0 aromatic heterocycles. The van der Waals surface area contributed by atoms with E-state index in [0.29, 0.717) is 12.2 Å². The van der Waals surface area contributed by atoms with E-state index in [4.69, 9.17) is 9.84 Å². The highest BCUT2D eigenvalue weighted by Gasteiger charge is 2.16. The molecule has 1 aliphatic rings. The van der Waals surface area contributed by atoms with Gasteiger partial charge in [-0.3, -0.25) is 0 Å². The largest absolute Gasteiger partial charge is 0.384 e. The molecule has 0 radical (unpaired) electrons. The molecule has 102 valence electrons. The van der Waals surface area contributed by atoms with Crippen molar-refractivity contribution in [1.82, 2.24) is 0 Å². The van der Waals surface area contributed by atoms with Gasteiger partial charge in [0.1, 0.15) is 12.4 Å². The average Bonchev–Trinajstić information content (AvgIpc) is 2.33. The Morgan fingerprint density at radius 3 is 2.84 bits per heavy atom. The van der Waals surface area contributed by atoms with Gasteiger partial charge in [-0.2, -0.15) is 0 Å². The zero-order valence-electron chi connectivity index (χ0n) is 11.0. The summed E-state index contributed by atoms with van der Waals surface area (Å²) in [6, 6.07) is 4.63. The number of aliphatic hydroxyl groups is 1. The first kappa shape index (κ1) is 14.0. The zero-order chi connectivity index (χ0) is 13.5. The fourth-order valence-electron chi connectivity index (χ4n) is 2.17. The Balaban J connectivity index is 1.82. The first-order valence-electron chi connectivity index (χ1n) is 6.75. The first-order chi connectivity index (χ1) is 9.28. The van der Waals surface area contributed by atoms with Gasteiger partial charge < -0.3 is 9.84 Å². The summed E-state index contributed by atoms with van der Waals surface area (Å²) in [7, 11) is 0. The van der Waals surface area contributed by atoms with Gasteiger partial charge in [-0.05, 0) is 36.1 Å². The van der Waals surface area contributed by atoms with Crippen molar-refractivity contribution in [3.63, 3.8) is 0 Å². The van der Waals surface area contributed by atoms with E-state index >= 15 is 0 Å². The van der Waals surface area contributed by atoms with Crippen LogP contribution in [0.25, 0.3) is 0 Å². The Kier molecular flexibility index (Phi) is 5.38. The first-order valence-corrected chi connectivity index (χ1v) is 6.75. The molecule has 2 nitrogen and oxygen atoms in total. The summed E-state index contributed by atoms with van der Waals surface area (Å²) in [6.45, 7) is 0.931. The lowest BCUT2D eigenvalue weighted by Crippen LogP contribution is -2.13. The van der Waals surface area contributed by atoms with E-state index < -0.39 is 0 Å². The van der Waals surface area contributed by atoms with Gasteiger partial charge in [0.15, 0.2) is 0 Å². The normalized spacial score (nSPS) is 14.6. The van der Waals surface area contributed by atoms with Crippen molar-refractivity contribution < 1.29 is 14.2 Å². The molecule has 3 heteroatoms. The summed E-state index contributed by atoms with van der Waals surface area (Å²) in [6.07, 6.45) is 5.10. The van der Waals surface area contributed by atoms with Gasteiger partial charge in [-0.25, -0.2) is 4.39 Å². The van der Waals surface area contributed by atoms with Crippen molar-refractivity contribution in [3.8, 4) is 11.8 Å². The highest BCUT2D eigenvalue weighted by Crippen LogP contribution is 2.29. The van der Waals surface area contributed by atoms with Crippen LogP contribution in [0.3, 0.4) is 0 Å². The smallest absolute Gasteiger partial charge is 0.124 e. The lowest BCUT2D eigenvalue weighted by molar-refractivity contribution is 0.0948. The Morgan fingerprint density at radius 2 is 2.16 bits per heavy atom. The second-order valence-corrected chi connectivity index (χ2v) is 4.95. The number of hydrogen-bond donors (Lipinski definition) is 1. The number of benzene rings is 1. The van der Waals surface area contributed by atoms with Crippen molar-refractivity contribution in [2.75, 3.05) is 13.2 Å². The van der Waals surface area contributed by atoms with E-state index in [9.17, 15) is 4.39 Å². The summed E-state index contributed by atoms with van der Waals surface area (Å²) in [5.41, 5.74) is 1.36. The van der Waals surface area contributed by atoms with Crippen LogP contribution in [-0.4, -0.2) is 18.3 Å². The van der Waals surface area contributed by atoms with E-state index in [-0.39, 0.29) is 12.4 Å². The van der Waals surface area contributed by atoms with Crippen LogP contribution in [0.5, 0.6) is 0 Å². The number of ether oxygens (including phenoxy) is 1. The Hall–Kier alpha value is -1.37. The zero-order valence-corrected chi connectivity index (χ0v) is 11.0. The topological polar surface area (TPSA) is 29.5 Å². The maximum Gasteiger partial charge on any atom is 0.124 e. The fraction of sp³-hybridized carbons (Fsp3) is 0.500. The molecule has 0 heterocycles. The minimum Gasteiger partial charge on any atom is -0.384 e. The van der Waals surface area contributed by atoms with E-state index in [0.717, 1.165) is 24.5 Å². The molecule has 1 aromatic rings. The fourth-order valence-corrected chi connectivity index (χ4v) is 2.17. The molecule has 1 N–H and O–H groups in total. The summed E-state index contributed by atoms with van der Waals surface area (Å²) in [5, 5.41) is 8.63. The monoisotopic (exact) mass is 262 g/mol. The van der Waals surface area contributed by atoms with Gasteiger partial charge in [0.2, 0.25) is 0 Å². The molecule has 1 aromatic carbocycles. The number of aliphatic hydroxyl groups excluding tert-OH is 1. The highest BCUT2D eigenvalue weighted by molar-refractivity contribution is 5.37. The summed E-state index contributed by atoms with van der Waals surface area (Å²) in [5.74, 6) is 5.74. The Bertz CT molecular complexity index is 469. The van der Waals surface area contributed by atoms with Crippen LogP contribution in [0.2, 0.25) is 0 Å². The van der Waals surface area contributed by atoms with Gasteiger partial charge in [0, 0.05) is 12.2 Å². The van der Waals surface area contributed by atoms with Gasteiger partial charge in [0.05, 0.1) is 6.61 Å². The molecule has 1 saturated carbocycles. The van der Waals surface area contributed by atoms with Crippen LogP contribution in [0.15, 0.2) is 18.2 Å². The lowest BCUT2D eigenvalue weighted by Gasteiger charge is -2.24. The molecule has 0 unspecified atom stereocenters. The SMILES string of the molecule is OCC#Cc1cc(F)cc(COCCC2CCC2)c1. The summed E-state index contributed by atoms with van der Waals surface area (Å²) >= 11 is 0. The molecular formula is C16H19FO2. The summed E-state index contributed by atoms with van der Waals surface area (Å²) < 4.78 is 18.9. The average molecular weight is 262 g/mol. The third-order valence-electron chi connectivity index (χ3n) is 3.43. The van der Waals surface area contributed by atoms with Crippen LogP contribution in [0.1, 0.15) is 36.8 Å². The molecule has 2 rings (SSSR count). The lowest BCUT2D eigenvalue weighted by atomic mass is 9.83. The third-order valence-corrected chi connectivity index (χ3v) is 3.43. The molecule has 19 heavy (non-hydrogen) atoms. The van der Waals surface area contributed by atoms with E-state index in [1.54, 1.807) is 6.07 Å². The van der Waals surface area contributed by atoms with Crippen LogP contribution in [0.4, 0.5) is 4.39 Å². The predicted molar refractivity (Wildman–Crippen MR) is 72.0 cm³/mol. The molecule has 0 aliphatic heterocycles. The second kappa shape index (κ2) is 7.28. The molecule has 0 spiro atoms. The molecule has 1 aliphatic carbocycles. The standard InChI is InChI=1S/C16H19FO2/c17-16-10-14(5-2-7-18)9-15(11-16)12-19-8-6-13-3-1-4-13/h9-11,13,18H,1,3-4,6-8,12H2. The van der Waals surface area contributed by atoms with Crippen LogP contribution in [-0.2, 0) is 11.3 Å². The molecular weight excluding hydrogens is 243 g/mol. The van der Waals surface area contributed by atoms with E-state index in [2.05, 4.69) is 11.8 Å². The van der Waals surface area contributed by atoms with Crippen LogP contribution >= 0.6 is 0 Å². The highest BCUT2D eigenvalue weighted by atomic mass is 19.1. The van der Waals surface area contributed by atoms with Gasteiger partial charge in [-0.1, -0.05) is 31.1 Å². The molecule has 1 fully saturated rings. The van der Waals surface area contributed by atoms with E-state index in [1.807, 2.05) is 0 Å².